The maximum atomic E-state index is 11.7. The van der Waals surface area contributed by atoms with Gasteiger partial charge in [-0.25, -0.2) is 0 Å². The van der Waals surface area contributed by atoms with Gasteiger partial charge in [0.2, 0.25) is 0 Å². The Balaban J connectivity index is 1.78. The number of likely N-dealkylation sites (tertiary alicyclic amines) is 1. The monoisotopic (exact) mass is 211 g/mol. The lowest BCUT2D eigenvalue weighted by Gasteiger charge is -2.33. The first-order valence-corrected chi connectivity index (χ1v) is 6.19. The van der Waals surface area contributed by atoms with E-state index in [1.165, 1.54) is 6.42 Å². The minimum atomic E-state index is -0.108. The van der Waals surface area contributed by atoms with Crippen LogP contribution in [0.5, 0.6) is 0 Å². The molecular weight excluding hydrogens is 190 g/mol. The van der Waals surface area contributed by atoms with Crippen LogP contribution in [0.3, 0.4) is 0 Å². The van der Waals surface area contributed by atoms with E-state index < -0.39 is 0 Å². The van der Waals surface area contributed by atoms with Crippen LogP contribution in [0.25, 0.3) is 0 Å². The summed E-state index contributed by atoms with van der Waals surface area (Å²) in [6.07, 6.45) is 5.82. The van der Waals surface area contributed by atoms with Crippen LogP contribution in [-0.2, 0) is 4.79 Å². The number of aliphatic hydroxyl groups is 1. The Morgan fingerprint density at radius 3 is 2.60 bits per heavy atom. The zero-order valence-electron chi connectivity index (χ0n) is 9.32. The van der Waals surface area contributed by atoms with Gasteiger partial charge < -0.3 is 10.0 Å². The van der Waals surface area contributed by atoms with Crippen LogP contribution >= 0.6 is 0 Å². The van der Waals surface area contributed by atoms with Crippen molar-refractivity contribution in [1.82, 2.24) is 4.90 Å². The average Bonchev–Trinajstić information content (AvgIpc) is 2.25. The second-order valence-electron chi connectivity index (χ2n) is 4.94. The van der Waals surface area contributed by atoms with Gasteiger partial charge in [-0.1, -0.05) is 6.42 Å². The van der Waals surface area contributed by atoms with E-state index in [2.05, 4.69) is 4.90 Å². The van der Waals surface area contributed by atoms with E-state index in [1.54, 1.807) is 0 Å². The number of rotatable bonds is 2. The highest BCUT2D eigenvalue weighted by Gasteiger charge is 2.26. The van der Waals surface area contributed by atoms with Crippen LogP contribution in [0.1, 0.15) is 38.5 Å². The van der Waals surface area contributed by atoms with Gasteiger partial charge in [-0.15, -0.1) is 0 Å². The molecule has 1 aliphatic heterocycles. The predicted octanol–water partition coefficient (Wildman–Crippen LogP) is 1.20. The van der Waals surface area contributed by atoms with E-state index in [0.29, 0.717) is 5.78 Å². The molecule has 1 atom stereocenters. The molecule has 2 aliphatic rings. The molecule has 1 N–H and O–H groups in total. The second kappa shape index (κ2) is 5.08. The lowest BCUT2D eigenvalue weighted by atomic mass is 9.87. The molecule has 2 rings (SSSR count). The summed E-state index contributed by atoms with van der Waals surface area (Å²) >= 11 is 0. The second-order valence-corrected chi connectivity index (χ2v) is 4.94. The molecule has 2 fully saturated rings. The van der Waals surface area contributed by atoms with Crippen molar-refractivity contribution in [2.45, 2.75) is 44.6 Å². The Labute approximate surface area is 91.5 Å². The zero-order chi connectivity index (χ0) is 10.7. The summed E-state index contributed by atoms with van der Waals surface area (Å²) in [5.74, 6) is 0.751. The average molecular weight is 211 g/mol. The molecular formula is C12H21NO2. The van der Waals surface area contributed by atoms with Crippen molar-refractivity contribution in [3.8, 4) is 0 Å². The molecule has 1 heterocycles. The molecule has 3 heteroatoms. The molecule has 0 amide bonds. The SMILES string of the molecule is O=C1CCCCC1CN1CCC(O)CC1. The molecule has 15 heavy (non-hydrogen) atoms. The highest BCUT2D eigenvalue weighted by atomic mass is 16.3. The molecule has 1 unspecified atom stereocenters. The minimum absolute atomic E-state index is 0.108. The quantitative estimate of drug-likeness (QED) is 0.746. The highest BCUT2D eigenvalue weighted by Crippen LogP contribution is 2.22. The van der Waals surface area contributed by atoms with Crippen molar-refractivity contribution in [1.29, 1.82) is 0 Å². The lowest BCUT2D eigenvalue weighted by molar-refractivity contribution is -0.125. The van der Waals surface area contributed by atoms with Crippen LogP contribution < -0.4 is 0 Å². The van der Waals surface area contributed by atoms with E-state index in [9.17, 15) is 9.90 Å². The fraction of sp³-hybridized carbons (Fsp3) is 0.917. The maximum Gasteiger partial charge on any atom is 0.137 e. The van der Waals surface area contributed by atoms with Crippen molar-refractivity contribution in [2.24, 2.45) is 5.92 Å². The molecule has 0 radical (unpaired) electrons. The molecule has 0 spiro atoms. The van der Waals surface area contributed by atoms with Gasteiger partial charge in [-0.3, -0.25) is 4.79 Å². The topological polar surface area (TPSA) is 40.5 Å². The minimum Gasteiger partial charge on any atom is -0.393 e. The Kier molecular flexibility index (Phi) is 3.76. The van der Waals surface area contributed by atoms with Crippen molar-refractivity contribution >= 4 is 5.78 Å². The number of aliphatic hydroxyl groups excluding tert-OH is 1. The van der Waals surface area contributed by atoms with Gasteiger partial charge in [-0.2, -0.15) is 0 Å². The molecule has 0 aromatic rings. The van der Waals surface area contributed by atoms with Gasteiger partial charge in [0.05, 0.1) is 6.10 Å². The van der Waals surface area contributed by atoms with E-state index in [4.69, 9.17) is 0 Å². The predicted molar refractivity (Wildman–Crippen MR) is 58.6 cm³/mol. The normalized spacial score (nSPS) is 30.7. The summed E-state index contributed by atoms with van der Waals surface area (Å²) in [4.78, 5) is 14.0. The zero-order valence-corrected chi connectivity index (χ0v) is 9.32. The van der Waals surface area contributed by atoms with E-state index >= 15 is 0 Å². The first-order chi connectivity index (χ1) is 7.25. The van der Waals surface area contributed by atoms with Gasteiger partial charge in [0.1, 0.15) is 5.78 Å². The number of nitrogens with zero attached hydrogens (tertiary/aromatic N) is 1. The fourth-order valence-corrected chi connectivity index (χ4v) is 2.66. The number of piperidine rings is 1. The summed E-state index contributed by atoms with van der Waals surface area (Å²) in [7, 11) is 0. The van der Waals surface area contributed by atoms with Crippen LogP contribution in [0.4, 0.5) is 0 Å². The third-order valence-corrected chi connectivity index (χ3v) is 3.72. The van der Waals surface area contributed by atoms with Gasteiger partial charge >= 0.3 is 0 Å². The summed E-state index contributed by atoms with van der Waals surface area (Å²) in [5.41, 5.74) is 0. The van der Waals surface area contributed by atoms with Gasteiger partial charge in [0.25, 0.3) is 0 Å². The number of hydrogen-bond acceptors (Lipinski definition) is 3. The van der Waals surface area contributed by atoms with E-state index in [-0.39, 0.29) is 12.0 Å². The maximum absolute atomic E-state index is 11.7. The molecule has 86 valence electrons. The van der Waals surface area contributed by atoms with Crippen molar-refractivity contribution in [2.75, 3.05) is 19.6 Å². The number of Topliss-reactive ketones (excluding diaryl/α,β-unsaturated/α-hetero) is 1. The fourth-order valence-electron chi connectivity index (χ4n) is 2.66. The standard InChI is InChI=1S/C12H21NO2/c14-11-5-7-13(8-6-11)9-10-3-1-2-4-12(10)15/h10-11,14H,1-9H2. The first kappa shape index (κ1) is 11.1. The number of hydrogen-bond donors (Lipinski definition) is 1. The van der Waals surface area contributed by atoms with Gasteiger partial charge in [-0.05, 0) is 25.7 Å². The summed E-state index contributed by atoms with van der Waals surface area (Å²) < 4.78 is 0. The van der Waals surface area contributed by atoms with Gasteiger partial charge in [0.15, 0.2) is 0 Å². The molecule has 1 aliphatic carbocycles. The summed E-state index contributed by atoms with van der Waals surface area (Å²) in [6, 6.07) is 0. The van der Waals surface area contributed by atoms with Crippen LogP contribution in [0, 0.1) is 5.92 Å². The Hall–Kier alpha value is -0.410. The summed E-state index contributed by atoms with van der Waals surface area (Å²) in [5, 5.41) is 9.39. The van der Waals surface area contributed by atoms with Gasteiger partial charge in [0, 0.05) is 32.0 Å². The molecule has 0 aromatic heterocycles. The summed E-state index contributed by atoms with van der Waals surface area (Å²) in [6.45, 7) is 2.86. The molecule has 1 saturated heterocycles. The molecule has 1 saturated carbocycles. The van der Waals surface area contributed by atoms with E-state index in [1.807, 2.05) is 0 Å². The molecule has 0 bridgehead atoms. The Morgan fingerprint density at radius 2 is 1.93 bits per heavy atom. The lowest BCUT2D eigenvalue weighted by Crippen LogP contribution is -2.41. The smallest absolute Gasteiger partial charge is 0.137 e. The number of ketones is 1. The third-order valence-electron chi connectivity index (χ3n) is 3.72. The number of carbonyl (C=O) groups excluding carboxylic acids is 1. The van der Waals surface area contributed by atoms with Crippen LogP contribution in [-0.4, -0.2) is 41.5 Å². The van der Waals surface area contributed by atoms with Crippen LogP contribution in [0.2, 0.25) is 0 Å². The Morgan fingerprint density at radius 1 is 1.20 bits per heavy atom. The largest absolute Gasteiger partial charge is 0.393 e. The number of carbonyl (C=O) groups is 1. The van der Waals surface area contributed by atoms with Crippen molar-refractivity contribution in [3.05, 3.63) is 0 Å². The van der Waals surface area contributed by atoms with Crippen molar-refractivity contribution < 1.29 is 9.90 Å². The van der Waals surface area contributed by atoms with E-state index in [0.717, 1.165) is 51.7 Å². The molecule has 0 aromatic carbocycles. The van der Waals surface area contributed by atoms with Crippen molar-refractivity contribution in [3.63, 3.8) is 0 Å². The highest BCUT2D eigenvalue weighted by molar-refractivity contribution is 5.81. The Bertz CT molecular complexity index is 222. The molecule has 3 nitrogen and oxygen atoms in total. The first-order valence-electron chi connectivity index (χ1n) is 6.19. The third kappa shape index (κ3) is 3.02. The van der Waals surface area contributed by atoms with Crippen LogP contribution in [0.15, 0.2) is 0 Å².